The van der Waals surface area contributed by atoms with Gasteiger partial charge in [0.05, 0.1) is 12.8 Å². The number of rotatable bonds is 3. The van der Waals surface area contributed by atoms with Crippen LogP contribution in [0.25, 0.3) is 0 Å². The molecule has 1 aromatic rings. The van der Waals surface area contributed by atoms with E-state index in [1.54, 1.807) is 7.11 Å². The van der Waals surface area contributed by atoms with Gasteiger partial charge in [0.2, 0.25) is 0 Å². The number of hydrogen-bond acceptors (Lipinski definition) is 3. The van der Waals surface area contributed by atoms with Gasteiger partial charge in [-0.15, -0.1) is 12.4 Å². The number of likely N-dealkylation sites (N-methyl/N-ethyl adjacent to an activating group) is 1. The maximum Gasteiger partial charge on any atom is 0.322 e. The molecule has 5 nitrogen and oxygen atoms in total. The summed E-state index contributed by atoms with van der Waals surface area (Å²) in [5, 5.41) is 6.07. The molecule has 0 bridgehead atoms. The third kappa shape index (κ3) is 3.75. The molecule has 1 aliphatic rings. The lowest BCUT2D eigenvalue weighted by Crippen LogP contribution is -2.36. The summed E-state index contributed by atoms with van der Waals surface area (Å²) in [6, 6.07) is 7.74. The Bertz CT molecular complexity index is 428. The van der Waals surface area contributed by atoms with E-state index in [2.05, 4.69) is 10.6 Å². The Kier molecular flexibility index (Phi) is 5.92. The number of para-hydroxylation sites is 2. The maximum atomic E-state index is 12.1. The second-order valence-electron chi connectivity index (χ2n) is 4.35. The molecule has 2 N–H and O–H groups in total. The molecule has 1 unspecified atom stereocenters. The fraction of sp³-hybridized carbons (Fsp3) is 0.462. The average molecular weight is 286 g/mol. The molecule has 1 saturated heterocycles. The first kappa shape index (κ1) is 15.6. The number of nitrogens with zero attached hydrogens (tertiary/aromatic N) is 1. The Morgan fingerprint density at radius 2 is 2.16 bits per heavy atom. The van der Waals surface area contributed by atoms with Crippen molar-refractivity contribution in [1.29, 1.82) is 0 Å². The molecule has 106 valence electrons. The largest absolute Gasteiger partial charge is 0.495 e. The lowest BCUT2D eigenvalue weighted by molar-refractivity contribution is 0.221. The van der Waals surface area contributed by atoms with Crippen LogP contribution in [0.5, 0.6) is 5.75 Å². The van der Waals surface area contributed by atoms with Crippen molar-refractivity contribution in [3.63, 3.8) is 0 Å². The van der Waals surface area contributed by atoms with Crippen molar-refractivity contribution in [2.45, 2.75) is 12.5 Å². The molecule has 0 saturated carbocycles. The van der Waals surface area contributed by atoms with Crippen LogP contribution in [0.3, 0.4) is 0 Å². The lowest BCUT2D eigenvalue weighted by Gasteiger charge is -2.18. The summed E-state index contributed by atoms with van der Waals surface area (Å²) in [6.45, 7) is 1.53. The highest BCUT2D eigenvalue weighted by Gasteiger charge is 2.25. The van der Waals surface area contributed by atoms with Crippen LogP contribution in [0.1, 0.15) is 6.42 Å². The zero-order chi connectivity index (χ0) is 13.0. The van der Waals surface area contributed by atoms with Crippen LogP contribution in [0.15, 0.2) is 24.3 Å². The minimum Gasteiger partial charge on any atom is -0.495 e. The Hall–Kier alpha value is -1.46. The van der Waals surface area contributed by atoms with E-state index < -0.39 is 0 Å². The molecular weight excluding hydrogens is 266 g/mol. The molecule has 2 amide bonds. The normalized spacial score (nSPS) is 17.8. The van der Waals surface area contributed by atoms with Gasteiger partial charge in [0.25, 0.3) is 0 Å². The standard InChI is InChI=1S/C13H19N3O2.ClH/c1-14-10-7-8-16(9-10)13(17)15-11-5-3-4-6-12(11)18-2;/h3-6,10,14H,7-9H2,1-2H3,(H,15,17);1H. The van der Waals surface area contributed by atoms with Gasteiger partial charge in [0.15, 0.2) is 0 Å². The zero-order valence-corrected chi connectivity index (χ0v) is 12.0. The number of carbonyl (C=O) groups is 1. The van der Waals surface area contributed by atoms with Crippen molar-refractivity contribution in [1.82, 2.24) is 10.2 Å². The number of nitrogens with one attached hydrogen (secondary N) is 2. The van der Waals surface area contributed by atoms with Gasteiger partial charge in [-0.05, 0) is 25.6 Å². The van der Waals surface area contributed by atoms with Gasteiger partial charge in [0.1, 0.15) is 5.75 Å². The maximum absolute atomic E-state index is 12.1. The molecular formula is C13H20ClN3O2. The van der Waals surface area contributed by atoms with Crippen LogP contribution in [0, 0.1) is 0 Å². The van der Waals surface area contributed by atoms with Gasteiger partial charge in [-0.3, -0.25) is 0 Å². The van der Waals surface area contributed by atoms with E-state index in [-0.39, 0.29) is 18.4 Å². The summed E-state index contributed by atoms with van der Waals surface area (Å²) in [5.74, 6) is 0.676. The van der Waals surface area contributed by atoms with E-state index >= 15 is 0 Å². The lowest BCUT2D eigenvalue weighted by atomic mass is 10.3. The monoisotopic (exact) mass is 285 g/mol. The molecule has 0 radical (unpaired) electrons. The third-order valence-corrected chi connectivity index (χ3v) is 3.23. The summed E-state index contributed by atoms with van der Waals surface area (Å²) in [4.78, 5) is 13.9. The molecule has 6 heteroatoms. The van der Waals surface area contributed by atoms with Crippen LogP contribution in [-0.2, 0) is 0 Å². The number of hydrogen-bond donors (Lipinski definition) is 2. The average Bonchev–Trinajstić information content (AvgIpc) is 2.88. The van der Waals surface area contributed by atoms with Crippen molar-refractivity contribution in [2.75, 3.05) is 32.6 Å². The molecule has 1 fully saturated rings. The van der Waals surface area contributed by atoms with Crippen molar-refractivity contribution in [2.24, 2.45) is 0 Å². The molecule has 19 heavy (non-hydrogen) atoms. The van der Waals surface area contributed by atoms with Gasteiger partial charge >= 0.3 is 6.03 Å². The summed E-state index contributed by atoms with van der Waals surface area (Å²) < 4.78 is 5.21. The molecule has 0 spiro atoms. The molecule has 1 atom stereocenters. The first-order chi connectivity index (χ1) is 8.74. The number of ether oxygens (including phenoxy) is 1. The summed E-state index contributed by atoms with van der Waals surface area (Å²) in [7, 11) is 3.52. The summed E-state index contributed by atoms with van der Waals surface area (Å²) >= 11 is 0. The second-order valence-corrected chi connectivity index (χ2v) is 4.35. The molecule has 2 rings (SSSR count). The van der Waals surface area contributed by atoms with Crippen molar-refractivity contribution in [3.05, 3.63) is 24.3 Å². The van der Waals surface area contributed by atoms with Crippen molar-refractivity contribution >= 4 is 24.1 Å². The quantitative estimate of drug-likeness (QED) is 0.892. The minimum atomic E-state index is -0.0720. The highest BCUT2D eigenvalue weighted by atomic mass is 35.5. The highest BCUT2D eigenvalue weighted by molar-refractivity contribution is 5.91. The summed E-state index contributed by atoms with van der Waals surface area (Å²) in [6.07, 6.45) is 0.996. The Morgan fingerprint density at radius 3 is 2.79 bits per heavy atom. The van der Waals surface area contributed by atoms with Crippen molar-refractivity contribution < 1.29 is 9.53 Å². The molecule has 1 aromatic carbocycles. The predicted octanol–water partition coefficient (Wildman–Crippen LogP) is 1.94. The Labute approximate surface area is 119 Å². The number of halogens is 1. The van der Waals surface area contributed by atoms with Crippen molar-refractivity contribution in [3.8, 4) is 5.75 Å². The molecule has 1 heterocycles. The fourth-order valence-corrected chi connectivity index (χ4v) is 2.12. The number of carbonyl (C=O) groups excluding carboxylic acids is 1. The Balaban J connectivity index is 0.00000180. The number of amides is 2. The summed E-state index contributed by atoms with van der Waals surface area (Å²) in [5.41, 5.74) is 0.706. The molecule has 1 aliphatic heterocycles. The third-order valence-electron chi connectivity index (χ3n) is 3.23. The Morgan fingerprint density at radius 1 is 1.42 bits per heavy atom. The van der Waals surface area contributed by atoms with Crippen LogP contribution in [0.2, 0.25) is 0 Å². The molecule has 0 aromatic heterocycles. The predicted molar refractivity (Wildman–Crippen MR) is 78.3 cm³/mol. The van der Waals surface area contributed by atoms with E-state index in [1.807, 2.05) is 36.2 Å². The topological polar surface area (TPSA) is 53.6 Å². The van der Waals surface area contributed by atoms with Gasteiger partial charge in [-0.1, -0.05) is 12.1 Å². The zero-order valence-electron chi connectivity index (χ0n) is 11.2. The van der Waals surface area contributed by atoms with Gasteiger partial charge < -0.3 is 20.3 Å². The van der Waals surface area contributed by atoms with Gasteiger partial charge in [-0.25, -0.2) is 4.79 Å². The van der Waals surface area contributed by atoms with Gasteiger partial charge in [-0.2, -0.15) is 0 Å². The van der Waals surface area contributed by atoms with E-state index in [0.717, 1.165) is 19.5 Å². The highest BCUT2D eigenvalue weighted by Crippen LogP contribution is 2.23. The number of likely N-dealkylation sites (tertiary alicyclic amines) is 1. The smallest absolute Gasteiger partial charge is 0.322 e. The van der Waals surface area contributed by atoms with E-state index in [4.69, 9.17) is 4.74 Å². The minimum absolute atomic E-state index is 0. The number of anilines is 1. The van der Waals surface area contributed by atoms with E-state index in [1.165, 1.54) is 0 Å². The fourth-order valence-electron chi connectivity index (χ4n) is 2.12. The number of benzene rings is 1. The van der Waals surface area contributed by atoms with E-state index in [0.29, 0.717) is 17.5 Å². The molecule has 0 aliphatic carbocycles. The number of methoxy groups -OCH3 is 1. The second kappa shape index (κ2) is 7.21. The SMILES string of the molecule is CNC1CCN(C(=O)Nc2ccccc2OC)C1.Cl. The van der Waals surface area contributed by atoms with Crippen LogP contribution >= 0.6 is 12.4 Å². The van der Waals surface area contributed by atoms with Crippen LogP contribution < -0.4 is 15.4 Å². The number of urea groups is 1. The van der Waals surface area contributed by atoms with Gasteiger partial charge in [0, 0.05) is 19.1 Å². The van der Waals surface area contributed by atoms with Crippen LogP contribution in [-0.4, -0.2) is 44.2 Å². The van der Waals surface area contributed by atoms with Crippen LogP contribution in [0.4, 0.5) is 10.5 Å². The first-order valence-corrected chi connectivity index (χ1v) is 6.11. The van der Waals surface area contributed by atoms with E-state index in [9.17, 15) is 4.79 Å². The first-order valence-electron chi connectivity index (χ1n) is 6.11.